The lowest BCUT2D eigenvalue weighted by Crippen LogP contribution is -2.26. The zero-order valence-corrected chi connectivity index (χ0v) is 14.4. The Morgan fingerprint density at radius 3 is 2.00 bits per heavy atom. The summed E-state index contributed by atoms with van der Waals surface area (Å²) >= 11 is 0. The molecule has 1 atom stereocenters. The molecule has 10 nitrogen and oxygen atoms in total. The number of carbonyl (C=O) groups excluding carboxylic acids is 3. The van der Waals surface area contributed by atoms with E-state index in [0.717, 1.165) is 0 Å². The maximum Gasteiger partial charge on any atom is 0.511 e. The third-order valence-electron chi connectivity index (χ3n) is 2.83. The van der Waals surface area contributed by atoms with E-state index < -0.39 is 37.0 Å². The minimum Gasteiger partial charge on any atom is -0.481 e. The van der Waals surface area contributed by atoms with E-state index in [1.165, 1.54) is 0 Å². The zero-order valence-electron chi connectivity index (χ0n) is 14.4. The number of ether oxygens (including phenoxy) is 5. The summed E-state index contributed by atoms with van der Waals surface area (Å²) in [4.78, 5) is 44.6. The van der Waals surface area contributed by atoms with Crippen LogP contribution in [0.3, 0.4) is 0 Å². The lowest BCUT2D eigenvalue weighted by atomic mass is 10.0. The van der Waals surface area contributed by atoms with Gasteiger partial charge in [-0.25, -0.2) is 9.59 Å². The first-order valence-corrected chi connectivity index (χ1v) is 7.88. The van der Waals surface area contributed by atoms with Gasteiger partial charge in [-0.3, -0.25) is 9.59 Å². The van der Waals surface area contributed by atoms with Crippen LogP contribution < -0.4 is 0 Å². The van der Waals surface area contributed by atoms with Gasteiger partial charge in [-0.05, 0) is 26.7 Å². The molecule has 10 heteroatoms. The fourth-order valence-electron chi connectivity index (χ4n) is 1.68. The smallest absolute Gasteiger partial charge is 0.481 e. The Kier molecular flexibility index (Phi) is 12.5. The van der Waals surface area contributed by atoms with Crippen molar-refractivity contribution >= 4 is 24.2 Å². The molecule has 0 amide bonds. The number of aliphatic carboxylic acids is 1. The van der Waals surface area contributed by atoms with E-state index in [1.54, 1.807) is 13.8 Å². The molecule has 0 aliphatic carbocycles. The molecule has 0 radical (unpaired) electrons. The number of hydrogen-bond acceptors (Lipinski definition) is 9. The lowest BCUT2D eigenvalue weighted by Gasteiger charge is -2.15. The molecule has 0 rings (SSSR count). The van der Waals surface area contributed by atoms with Gasteiger partial charge in [0.25, 0.3) is 0 Å². The summed E-state index contributed by atoms with van der Waals surface area (Å²) in [5.41, 5.74) is 0. The maximum absolute atomic E-state index is 12.0. The highest BCUT2D eigenvalue weighted by molar-refractivity contribution is 5.73. The Bertz CT molecular complexity index is 434. The summed E-state index contributed by atoms with van der Waals surface area (Å²) < 4.78 is 23.2. The summed E-state index contributed by atoms with van der Waals surface area (Å²) in [6.07, 6.45) is -0.920. The molecule has 0 aliphatic heterocycles. The highest BCUT2D eigenvalue weighted by Gasteiger charge is 2.23. The minimum atomic E-state index is -0.976. The van der Waals surface area contributed by atoms with Crippen LogP contribution >= 0.6 is 0 Å². The van der Waals surface area contributed by atoms with E-state index in [1.807, 2.05) is 0 Å². The number of carboxylic acids is 1. The molecular formula is C15H24O10. The Labute approximate surface area is 145 Å². The van der Waals surface area contributed by atoms with Crippen molar-refractivity contribution in [3.05, 3.63) is 0 Å². The van der Waals surface area contributed by atoms with Gasteiger partial charge in [-0.15, -0.1) is 0 Å². The van der Waals surface area contributed by atoms with E-state index in [4.69, 9.17) is 14.6 Å². The number of esters is 1. The third-order valence-corrected chi connectivity index (χ3v) is 2.83. The average molecular weight is 364 g/mol. The molecule has 1 unspecified atom stereocenters. The Hall–Kier alpha value is -2.52. The molecule has 0 aliphatic rings. The van der Waals surface area contributed by atoms with E-state index in [2.05, 4.69) is 14.2 Å². The van der Waals surface area contributed by atoms with Crippen LogP contribution in [0.15, 0.2) is 0 Å². The third kappa shape index (κ3) is 12.6. The highest BCUT2D eigenvalue weighted by atomic mass is 16.8. The van der Waals surface area contributed by atoms with Crippen LogP contribution in [0, 0.1) is 5.92 Å². The van der Waals surface area contributed by atoms with Gasteiger partial charge in [0.2, 0.25) is 6.79 Å². The molecule has 0 aromatic heterocycles. The van der Waals surface area contributed by atoms with Crippen LogP contribution in [0.25, 0.3) is 0 Å². The fourth-order valence-corrected chi connectivity index (χ4v) is 1.68. The van der Waals surface area contributed by atoms with Crippen molar-refractivity contribution in [3.8, 4) is 0 Å². The maximum atomic E-state index is 12.0. The summed E-state index contributed by atoms with van der Waals surface area (Å²) in [6.45, 7) is 2.51. The normalized spacial score (nSPS) is 11.1. The van der Waals surface area contributed by atoms with Crippen LogP contribution in [0.5, 0.6) is 0 Å². The second-order valence-corrected chi connectivity index (χ2v) is 4.74. The molecule has 0 saturated carbocycles. The van der Waals surface area contributed by atoms with E-state index in [0.29, 0.717) is 12.8 Å². The first kappa shape index (κ1) is 22.5. The van der Waals surface area contributed by atoms with E-state index in [-0.39, 0.29) is 32.7 Å². The quantitative estimate of drug-likeness (QED) is 0.237. The van der Waals surface area contributed by atoms with Gasteiger partial charge >= 0.3 is 24.2 Å². The summed E-state index contributed by atoms with van der Waals surface area (Å²) in [7, 11) is 0. The predicted octanol–water partition coefficient (Wildman–Crippen LogP) is 2.09. The van der Waals surface area contributed by atoms with Crippen LogP contribution in [-0.4, -0.2) is 56.0 Å². The zero-order chi connectivity index (χ0) is 19.1. The first-order chi connectivity index (χ1) is 11.9. The summed E-state index contributed by atoms with van der Waals surface area (Å²) in [5.74, 6) is -2.52. The Balaban J connectivity index is 4.36. The van der Waals surface area contributed by atoms with Crippen molar-refractivity contribution in [3.63, 3.8) is 0 Å². The monoisotopic (exact) mass is 364 g/mol. The fraction of sp³-hybridized carbons (Fsp3) is 0.733. The van der Waals surface area contributed by atoms with Crippen LogP contribution in [-0.2, 0) is 33.3 Å². The second-order valence-electron chi connectivity index (χ2n) is 4.74. The summed E-state index contributed by atoms with van der Waals surface area (Å²) in [6, 6.07) is 0. The molecule has 0 aromatic carbocycles. The van der Waals surface area contributed by atoms with Gasteiger partial charge in [-0.1, -0.05) is 6.42 Å². The highest BCUT2D eigenvalue weighted by Crippen LogP contribution is 2.13. The van der Waals surface area contributed by atoms with Gasteiger partial charge < -0.3 is 28.8 Å². The van der Waals surface area contributed by atoms with Crippen molar-refractivity contribution in [2.75, 3.05) is 26.6 Å². The van der Waals surface area contributed by atoms with Gasteiger partial charge in [-0.2, -0.15) is 0 Å². The molecule has 0 bridgehead atoms. The molecule has 0 fully saturated rings. The molecule has 25 heavy (non-hydrogen) atoms. The van der Waals surface area contributed by atoms with Crippen LogP contribution in [0.4, 0.5) is 9.59 Å². The summed E-state index contributed by atoms with van der Waals surface area (Å²) in [5, 5.41) is 8.60. The predicted molar refractivity (Wildman–Crippen MR) is 81.6 cm³/mol. The van der Waals surface area contributed by atoms with Crippen LogP contribution in [0.2, 0.25) is 0 Å². The molecule has 0 heterocycles. The van der Waals surface area contributed by atoms with Crippen LogP contribution in [0.1, 0.15) is 39.5 Å². The standard InChI is InChI=1S/C15H24O10/c1-3-21-14(19)23-9-11(7-5-6-8-12(16)17)13(18)24-10-25-15(20)22-4-2/h11H,3-10H2,1-2H3,(H,16,17). The number of rotatable bonds is 12. The van der Waals surface area contributed by atoms with Crippen molar-refractivity contribution in [1.82, 2.24) is 0 Å². The SMILES string of the molecule is CCOC(=O)OCOC(=O)C(CCCCC(=O)O)COC(=O)OCC. The number of hydrogen-bond donors (Lipinski definition) is 1. The van der Waals surface area contributed by atoms with Gasteiger partial charge in [0.1, 0.15) is 6.61 Å². The molecule has 1 N–H and O–H groups in total. The number of carbonyl (C=O) groups is 4. The van der Waals surface area contributed by atoms with Crippen molar-refractivity contribution in [2.24, 2.45) is 5.92 Å². The largest absolute Gasteiger partial charge is 0.511 e. The Morgan fingerprint density at radius 1 is 0.840 bits per heavy atom. The van der Waals surface area contributed by atoms with Gasteiger partial charge in [0, 0.05) is 6.42 Å². The van der Waals surface area contributed by atoms with Gasteiger partial charge in [0.15, 0.2) is 0 Å². The van der Waals surface area contributed by atoms with Crippen molar-refractivity contribution in [1.29, 1.82) is 0 Å². The molecule has 0 spiro atoms. The van der Waals surface area contributed by atoms with E-state index >= 15 is 0 Å². The molecule has 0 aromatic rings. The number of carboxylic acid groups (broad SMARTS) is 1. The first-order valence-electron chi connectivity index (χ1n) is 7.88. The Morgan fingerprint density at radius 2 is 1.44 bits per heavy atom. The number of unbranched alkanes of at least 4 members (excludes halogenated alkanes) is 1. The topological polar surface area (TPSA) is 135 Å². The van der Waals surface area contributed by atoms with Crippen molar-refractivity contribution in [2.45, 2.75) is 39.5 Å². The molecule has 0 saturated heterocycles. The average Bonchev–Trinajstić information content (AvgIpc) is 2.54. The second kappa shape index (κ2) is 13.9. The van der Waals surface area contributed by atoms with E-state index in [9.17, 15) is 19.2 Å². The molecule has 144 valence electrons. The minimum absolute atomic E-state index is 0.0352. The van der Waals surface area contributed by atoms with Gasteiger partial charge in [0.05, 0.1) is 19.1 Å². The molecular weight excluding hydrogens is 340 g/mol. The lowest BCUT2D eigenvalue weighted by molar-refractivity contribution is -0.160. The van der Waals surface area contributed by atoms with Crippen molar-refractivity contribution < 1.29 is 48.0 Å².